The number of para-hydroxylation sites is 1. The smallest absolute Gasteiger partial charge is 0.251 e. The topological polar surface area (TPSA) is 64.1 Å². The summed E-state index contributed by atoms with van der Waals surface area (Å²) in [5, 5.41) is 8.99. The molecule has 1 aromatic carbocycles. The van der Waals surface area contributed by atoms with Gasteiger partial charge >= 0.3 is 0 Å². The van der Waals surface area contributed by atoms with Crippen LogP contribution in [0.2, 0.25) is 0 Å². The Balaban J connectivity index is 1.71. The van der Waals surface area contributed by atoms with Crippen LogP contribution >= 0.6 is 15.9 Å². The van der Waals surface area contributed by atoms with Crippen molar-refractivity contribution in [3.05, 3.63) is 28.7 Å². The van der Waals surface area contributed by atoms with Crippen molar-refractivity contribution in [2.45, 2.75) is 12.5 Å². The van der Waals surface area contributed by atoms with Gasteiger partial charge in [-0.15, -0.1) is 0 Å². The van der Waals surface area contributed by atoms with Gasteiger partial charge in [-0.3, -0.25) is 19.4 Å². The summed E-state index contributed by atoms with van der Waals surface area (Å²) in [4.78, 5) is 30.7. The number of benzene rings is 1. The molecule has 0 unspecified atom stereocenters. The Morgan fingerprint density at radius 3 is 2.48 bits per heavy atom. The Kier molecular flexibility index (Phi) is 5.11. The average Bonchev–Trinajstić information content (AvgIpc) is 2.84. The van der Waals surface area contributed by atoms with Crippen molar-refractivity contribution in [2.75, 3.05) is 44.2 Å². The average molecular weight is 382 g/mol. The quantitative estimate of drug-likeness (QED) is 0.777. The lowest BCUT2D eigenvalue weighted by Gasteiger charge is -2.36. The second-order valence-corrected chi connectivity index (χ2v) is 6.69. The molecule has 6 nitrogen and oxygen atoms in total. The monoisotopic (exact) mass is 381 g/mol. The molecule has 1 aromatic rings. The number of carbonyl (C=O) groups excluding carboxylic acids is 2. The van der Waals surface area contributed by atoms with Crippen molar-refractivity contribution < 1.29 is 14.7 Å². The van der Waals surface area contributed by atoms with Crippen LogP contribution in [0.3, 0.4) is 0 Å². The number of rotatable bonds is 4. The van der Waals surface area contributed by atoms with Crippen molar-refractivity contribution in [2.24, 2.45) is 0 Å². The van der Waals surface area contributed by atoms with E-state index in [1.165, 1.54) is 4.90 Å². The highest BCUT2D eigenvalue weighted by Gasteiger charge is 2.43. The van der Waals surface area contributed by atoms with Crippen molar-refractivity contribution >= 4 is 33.4 Å². The van der Waals surface area contributed by atoms with E-state index >= 15 is 0 Å². The molecule has 1 atom stereocenters. The minimum Gasteiger partial charge on any atom is -0.395 e. The third-order valence-electron chi connectivity index (χ3n) is 4.48. The molecule has 0 aliphatic carbocycles. The van der Waals surface area contributed by atoms with E-state index < -0.39 is 0 Å². The lowest BCUT2D eigenvalue weighted by atomic mass is 10.1. The zero-order valence-electron chi connectivity index (χ0n) is 12.8. The number of piperazine rings is 1. The number of hydrogen-bond donors (Lipinski definition) is 1. The third kappa shape index (κ3) is 3.33. The molecule has 2 saturated heterocycles. The highest BCUT2D eigenvalue weighted by atomic mass is 79.9. The molecule has 0 aromatic heterocycles. The second-order valence-electron chi connectivity index (χ2n) is 5.84. The van der Waals surface area contributed by atoms with Crippen molar-refractivity contribution in [1.82, 2.24) is 9.80 Å². The number of amides is 2. The Morgan fingerprint density at radius 1 is 1.13 bits per heavy atom. The molecule has 2 aliphatic heterocycles. The van der Waals surface area contributed by atoms with Gasteiger partial charge in [-0.25, -0.2) is 4.90 Å². The fourth-order valence-electron chi connectivity index (χ4n) is 3.23. The summed E-state index contributed by atoms with van der Waals surface area (Å²) in [6, 6.07) is 6.92. The SMILES string of the molecule is O=C1C[C@H](N2CCN(CCO)CC2)C(=O)N1c1ccccc1Br. The van der Waals surface area contributed by atoms with Gasteiger partial charge in [-0.05, 0) is 28.1 Å². The van der Waals surface area contributed by atoms with E-state index in [0.29, 0.717) is 12.2 Å². The van der Waals surface area contributed by atoms with E-state index in [2.05, 4.69) is 25.7 Å². The second kappa shape index (κ2) is 7.09. The summed E-state index contributed by atoms with van der Waals surface area (Å²) in [7, 11) is 0. The standard InChI is InChI=1S/C16H20BrN3O3/c17-12-3-1-2-4-13(12)20-15(22)11-14(16(20)23)19-7-5-18(6-8-19)9-10-21/h1-4,14,21H,5-11H2/t14-/m0/s1. The van der Waals surface area contributed by atoms with Gasteiger partial charge in [0.2, 0.25) is 5.91 Å². The van der Waals surface area contributed by atoms with Crippen LogP contribution in [-0.4, -0.2) is 72.1 Å². The fourth-order valence-corrected chi connectivity index (χ4v) is 3.69. The molecule has 124 valence electrons. The number of anilines is 1. The van der Waals surface area contributed by atoms with Crippen LogP contribution in [0.15, 0.2) is 28.7 Å². The Hall–Kier alpha value is -1.28. The fraction of sp³-hybridized carbons (Fsp3) is 0.500. The minimum atomic E-state index is -0.370. The van der Waals surface area contributed by atoms with E-state index in [1.54, 1.807) is 6.07 Å². The zero-order chi connectivity index (χ0) is 16.4. The van der Waals surface area contributed by atoms with Gasteiger partial charge in [0.25, 0.3) is 5.91 Å². The molecule has 2 aliphatic rings. The lowest BCUT2D eigenvalue weighted by Crippen LogP contribution is -2.53. The van der Waals surface area contributed by atoms with E-state index in [1.807, 2.05) is 18.2 Å². The number of nitrogens with zero attached hydrogens (tertiary/aromatic N) is 3. The molecule has 0 saturated carbocycles. The van der Waals surface area contributed by atoms with Gasteiger partial charge < -0.3 is 5.11 Å². The van der Waals surface area contributed by atoms with Crippen LogP contribution in [0, 0.1) is 0 Å². The van der Waals surface area contributed by atoms with Gasteiger partial charge in [-0.2, -0.15) is 0 Å². The molecule has 23 heavy (non-hydrogen) atoms. The van der Waals surface area contributed by atoms with Crippen molar-refractivity contribution in [3.63, 3.8) is 0 Å². The molecule has 1 N–H and O–H groups in total. The van der Waals surface area contributed by atoms with Gasteiger partial charge in [0, 0.05) is 37.2 Å². The highest BCUT2D eigenvalue weighted by Crippen LogP contribution is 2.31. The van der Waals surface area contributed by atoms with Crippen molar-refractivity contribution in [3.8, 4) is 0 Å². The van der Waals surface area contributed by atoms with E-state index in [0.717, 1.165) is 30.7 Å². The summed E-state index contributed by atoms with van der Waals surface area (Å²) in [6.07, 6.45) is 0.236. The summed E-state index contributed by atoms with van der Waals surface area (Å²) in [5.74, 6) is -0.290. The summed E-state index contributed by atoms with van der Waals surface area (Å²) in [6.45, 7) is 3.92. The van der Waals surface area contributed by atoms with Crippen LogP contribution < -0.4 is 4.90 Å². The molecule has 0 spiro atoms. The van der Waals surface area contributed by atoms with Gasteiger partial charge in [0.15, 0.2) is 0 Å². The zero-order valence-corrected chi connectivity index (χ0v) is 14.4. The highest BCUT2D eigenvalue weighted by molar-refractivity contribution is 9.10. The molecule has 3 rings (SSSR count). The molecule has 2 heterocycles. The number of imide groups is 1. The molecule has 2 amide bonds. The van der Waals surface area contributed by atoms with E-state index in [9.17, 15) is 9.59 Å². The Labute approximate surface area is 143 Å². The summed E-state index contributed by atoms with van der Waals surface area (Å²) in [5.41, 5.74) is 0.615. The number of β-amino-alcohol motifs (C(OH)–C–C–N with tert-alkyl or cyclic N) is 1. The number of aliphatic hydroxyl groups excluding tert-OH is 1. The van der Waals surface area contributed by atoms with Crippen LogP contribution in [0.1, 0.15) is 6.42 Å². The first-order valence-corrected chi connectivity index (χ1v) is 8.59. The van der Waals surface area contributed by atoms with Crippen LogP contribution in [-0.2, 0) is 9.59 Å². The predicted octanol–water partition coefficient (Wildman–Crippen LogP) is 0.691. The lowest BCUT2D eigenvalue weighted by molar-refractivity contribution is -0.123. The van der Waals surface area contributed by atoms with Gasteiger partial charge in [-0.1, -0.05) is 12.1 Å². The number of aliphatic hydroxyl groups is 1. The molecule has 7 heteroatoms. The maximum absolute atomic E-state index is 12.8. The van der Waals surface area contributed by atoms with Crippen LogP contribution in [0.25, 0.3) is 0 Å². The maximum atomic E-state index is 12.8. The van der Waals surface area contributed by atoms with Gasteiger partial charge in [0.1, 0.15) is 0 Å². The van der Waals surface area contributed by atoms with E-state index in [4.69, 9.17) is 5.11 Å². The Bertz CT molecular complexity index is 602. The number of halogens is 1. The van der Waals surface area contributed by atoms with Gasteiger partial charge in [0.05, 0.1) is 24.8 Å². The molecule has 0 bridgehead atoms. The van der Waals surface area contributed by atoms with Crippen LogP contribution in [0.5, 0.6) is 0 Å². The normalized spacial score (nSPS) is 23.7. The maximum Gasteiger partial charge on any atom is 0.251 e. The molecule has 2 fully saturated rings. The van der Waals surface area contributed by atoms with Crippen LogP contribution in [0.4, 0.5) is 5.69 Å². The largest absolute Gasteiger partial charge is 0.395 e. The van der Waals surface area contributed by atoms with E-state index in [-0.39, 0.29) is 30.9 Å². The Morgan fingerprint density at radius 2 is 1.83 bits per heavy atom. The molecular weight excluding hydrogens is 362 g/mol. The summed E-state index contributed by atoms with van der Waals surface area (Å²) >= 11 is 3.41. The first kappa shape index (κ1) is 16.6. The molecule has 0 radical (unpaired) electrons. The predicted molar refractivity (Wildman–Crippen MR) is 90.1 cm³/mol. The minimum absolute atomic E-state index is 0.141. The first-order chi connectivity index (χ1) is 11.1. The number of hydrogen-bond acceptors (Lipinski definition) is 5. The molecular formula is C16H20BrN3O3. The summed E-state index contributed by atoms with van der Waals surface area (Å²) < 4.78 is 0.745. The van der Waals surface area contributed by atoms with Crippen molar-refractivity contribution in [1.29, 1.82) is 0 Å². The third-order valence-corrected chi connectivity index (χ3v) is 5.15. The number of carbonyl (C=O) groups is 2. The first-order valence-electron chi connectivity index (χ1n) is 7.80.